The molecule has 5 nitrogen and oxygen atoms in total. The second-order valence-corrected chi connectivity index (χ2v) is 4.90. The predicted octanol–water partition coefficient (Wildman–Crippen LogP) is 2.27. The van der Waals surface area contributed by atoms with Crippen LogP contribution in [0.3, 0.4) is 0 Å². The Bertz CT molecular complexity index is 461. The Balaban J connectivity index is 2.01. The van der Waals surface area contributed by atoms with Crippen LogP contribution in [-0.2, 0) is 0 Å². The van der Waals surface area contributed by atoms with Crippen LogP contribution in [-0.4, -0.2) is 43.0 Å². The quantitative estimate of drug-likeness (QED) is 0.606. The van der Waals surface area contributed by atoms with Gasteiger partial charge in [-0.25, -0.2) is 4.39 Å². The highest BCUT2D eigenvalue weighted by Gasteiger charge is 2.15. The molecule has 0 atom stereocenters. The Morgan fingerprint density at radius 2 is 2.05 bits per heavy atom. The molecule has 0 aromatic heterocycles. The van der Waals surface area contributed by atoms with Crippen LogP contribution in [0.5, 0.6) is 0 Å². The summed E-state index contributed by atoms with van der Waals surface area (Å²) in [6, 6.07) is 3.68. The van der Waals surface area contributed by atoms with Gasteiger partial charge in [0.05, 0.1) is 11.0 Å². The number of nitro groups is 1. The number of benzene rings is 1. The van der Waals surface area contributed by atoms with E-state index in [9.17, 15) is 14.5 Å². The van der Waals surface area contributed by atoms with Gasteiger partial charge in [0.15, 0.2) is 0 Å². The zero-order valence-electron chi connectivity index (χ0n) is 11.0. The highest BCUT2D eigenvalue weighted by atomic mass is 19.1. The molecule has 0 aliphatic carbocycles. The number of nitrogens with zero attached hydrogens (tertiary/aromatic N) is 3. The number of halogens is 1. The summed E-state index contributed by atoms with van der Waals surface area (Å²) < 4.78 is 13.3. The van der Waals surface area contributed by atoms with Gasteiger partial charge in [-0.3, -0.25) is 10.1 Å². The van der Waals surface area contributed by atoms with Crippen LogP contribution in [0.1, 0.15) is 12.8 Å². The van der Waals surface area contributed by atoms with Crippen molar-refractivity contribution in [2.75, 3.05) is 38.1 Å². The molecule has 1 heterocycles. The predicted molar refractivity (Wildman–Crippen MR) is 72.0 cm³/mol. The van der Waals surface area contributed by atoms with Gasteiger partial charge in [0.1, 0.15) is 5.82 Å². The summed E-state index contributed by atoms with van der Waals surface area (Å²) in [7, 11) is 1.83. The minimum absolute atomic E-state index is 0.206. The lowest BCUT2D eigenvalue weighted by atomic mass is 10.2. The van der Waals surface area contributed by atoms with Gasteiger partial charge in [0.2, 0.25) is 0 Å². The first-order valence-electron chi connectivity index (χ1n) is 6.45. The van der Waals surface area contributed by atoms with Gasteiger partial charge in [-0.15, -0.1) is 0 Å². The first-order valence-corrected chi connectivity index (χ1v) is 6.45. The number of nitro benzene ring substituents is 1. The smallest absolute Gasteiger partial charge is 0.274 e. The van der Waals surface area contributed by atoms with Gasteiger partial charge in [-0.1, -0.05) is 0 Å². The van der Waals surface area contributed by atoms with Crippen LogP contribution in [0.4, 0.5) is 15.8 Å². The van der Waals surface area contributed by atoms with Crippen molar-refractivity contribution in [3.8, 4) is 0 Å². The van der Waals surface area contributed by atoms with Crippen LogP contribution in [0.25, 0.3) is 0 Å². The van der Waals surface area contributed by atoms with Crippen molar-refractivity contribution in [3.63, 3.8) is 0 Å². The molecule has 1 aliphatic heterocycles. The standard InChI is InChI=1S/C13H18FN3O2/c1-15(6-7-16-4-2-3-5-16)12-8-11(14)9-13(10-12)17(18)19/h8-10H,2-7H2,1H3. The first kappa shape index (κ1) is 13.7. The minimum atomic E-state index is -0.572. The van der Waals surface area contributed by atoms with Crippen LogP contribution < -0.4 is 4.90 Å². The average molecular weight is 267 g/mol. The van der Waals surface area contributed by atoms with E-state index in [0.29, 0.717) is 5.69 Å². The Kier molecular flexibility index (Phi) is 4.31. The number of non-ortho nitro benzene ring substituents is 1. The molecule has 1 aromatic rings. The third-order valence-electron chi connectivity index (χ3n) is 3.47. The minimum Gasteiger partial charge on any atom is -0.373 e. The highest BCUT2D eigenvalue weighted by molar-refractivity contribution is 5.53. The fourth-order valence-electron chi connectivity index (χ4n) is 2.31. The molecule has 0 unspecified atom stereocenters. The van der Waals surface area contributed by atoms with Crippen molar-refractivity contribution in [1.82, 2.24) is 4.90 Å². The van der Waals surface area contributed by atoms with E-state index in [0.717, 1.165) is 32.2 Å². The molecule has 0 saturated carbocycles. The number of likely N-dealkylation sites (N-methyl/N-ethyl adjacent to an activating group) is 1. The maximum Gasteiger partial charge on any atom is 0.274 e. The summed E-state index contributed by atoms with van der Waals surface area (Å²) in [4.78, 5) is 14.3. The van der Waals surface area contributed by atoms with E-state index in [1.54, 1.807) is 0 Å². The number of hydrogen-bond acceptors (Lipinski definition) is 4. The SMILES string of the molecule is CN(CCN1CCCC1)c1cc(F)cc([N+](=O)[O-])c1. The molecule has 6 heteroatoms. The van der Waals surface area contributed by atoms with E-state index in [1.165, 1.54) is 25.0 Å². The normalized spacial score (nSPS) is 15.7. The lowest BCUT2D eigenvalue weighted by Gasteiger charge is -2.23. The first-order chi connectivity index (χ1) is 9.06. The summed E-state index contributed by atoms with van der Waals surface area (Å²) in [6.45, 7) is 3.86. The van der Waals surface area contributed by atoms with E-state index < -0.39 is 10.7 Å². The molecule has 2 rings (SSSR count). The zero-order chi connectivity index (χ0) is 13.8. The summed E-state index contributed by atoms with van der Waals surface area (Å²) in [5.41, 5.74) is 0.342. The van der Waals surface area contributed by atoms with Crippen molar-refractivity contribution >= 4 is 11.4 Å². The lowest BCUT2D eigenvalue weighted by molar-refractivity contribution is -0.385. The van der Waals surface area contributed by atoms with Crippen molar-refractivity contribution in [2.24, 2.45) is 0 Å². The number of hydrogen-bond donors (Lipinski definition) is 0. The molecule has 0 amide bonds. The number of likely N-dealkylation sites (tertiary alicyclic amines) is 1. The summed E-state index contributed by atoms with van der Waals surface area (Å²) in [6.07, 6.45) is 2.46. The fourth-order valence-corrected chi connectivity index (χ4v) is 2.31. The van der Waals surface area contributed by atoms with Crippen molar-refractivity contribution in [1.29, 1.82) is 0 Å². The van der Waals surface area contributed by atoms with Crippen LogP contribution in [0.2, 0.25) is 0 Å². The topological polar surface area (TPSA) is 49.6 Å². The maximum atomic E-state index is 13.3. The summed E-state index contributed by atoms with van der Waals surface area (Å²) in [5, 5.41) is 10.7. The molecule has 0 N–H and O–H groups in total. The van der Waals surface area contributed by atoms with E-state index >= 15 is 0 Å². The lowest BCUT2D eigenvalue weighted by Crippen LogP contribution is -2.31. The Morgan fingerprint density at radius 3 is 2.68 bits per heavy atom. The molecule has 1 aromatic carbocycles. The Morgan fingerprint density at radius 1 is 1.37 bits per heavy atom. The monoisotopic (exact) mass is 267 g/mol. The molecule has 0 radical (unpaired) electrons. The average Bonchev–Trinajstić information content (AvgIpc) is 2.88. The maximum absolute atomic E-state index is 13.3. The molecule has 19 heavy (non-hydrogen) atoms. The third-order valence-corrected chi connectivity index (χ3v) is 3.47. The van der Waals surface area contributed by atoms with Gasteiger partial charge in [0, 0.05) is 31.9 Å². The zero-order valence-corrected chi connectivity index (χ0v) is 11.0. The van der Waals surface area contributed by atoms with Crippen molar-refractivity contribution in [2.45, 2.75) is 12.8 Å². The fraction of sp³-hybridized carbons (Fsp3) is 0.538. The molecule has 1 fully saturated rings. The van der Waals surface area contributed by atoms with Gasteiger partial charge >= 0.3 is 0 Å². The van der Waals surface area contributed by atoms with Crippen LogP contribution >= 0.6 is 0 Å². The Labute approximate surface area is 111 Å². The largest absolute Gasteiger partial charge is 0.373 e. The molecule has 104 valence electrons. The molecule has 1 saturated heterocycles. The van der Waals surface area contributed by atoms with E-state index in [2.05, 4.69) is 4.90 Å². The number of anilines is 1. The third kappa shape index (κ3) is 3.64. The molecule has 0 bridgehead atoms. The Hall–Kier alpha value is -1.69. The van der Waals surface area contributed by atoms with E-state index in [-0.39, 0.29) is 5.69 Å². The van der Waals surface area contributed by atoms with Gasteiger partial charge in [-0.05, 0) is 32.0 Å². The molecular weight excluding hydrogens is 249 g/mol. The number of rotatable bonds is 5. The highest BCUT2D eigenvalue weighted by Crippen LogP contribution is 2.22. The van der Waals surface area contributed by atoms with Crippen LogP contribution in [0, 0.1) is 15.9 Å². The van der Waals surface area contributed by atoms with Gasteiger partial charge in [0.25, 0.3) is 5.69 Å². The second kappa shape index (κ2) is 5.97. The van der Waals surface area contributed by atoms with Gasteiger partial charge in [-0.2, -0.15) is 0 Å². The molecular formula is C13H18FN3O2. The second-order valence-electron chi connectivity index (χ2n) is 4.90. The van der Waals surface area contributed by atoms with Crippen LogP contribution in [0.15, 0.2) is 18.2 Å². The van der Waals surface area contributed by atoms with E-state index in [4.69, 9.17) is 0 Å². The van der Waals surface area contributed by atoms with E-state index in [1.807, 2.05) is 11.9 Å². The van der Waals surface area contributed by atoms with Gasteiger partial charge < -0.3 is 9.80 Å². The summed E-state index contributed by atoms with van der Waals surface area (Å²) in [5.74, 6) is -0.572. The molecule has 1 aliphatic rings. The summed E-state index contributed by atoms with van der Waals surface area (Å²) >= 11 is 0. The molecule has 0 spiro atoms. The van der Waals surface area contributed by atoms with Crippen molar-refractivity contribution in [3.05, 3.63) is 34.1 Å². The van der Waals surface area contributed by atoms with Crippen molar-refractivity contribution < 1.29 is 9.31 Å².